The van der Waals surface area contributed by atoms with Crippen LogP contribution in [-0.4, -0.2) is 41.3 Å². The predicted octanol–water partition coefficient (Wildman–Crippen LogP) is 5.81. The van der Waals surface area contributed by atoms with Crippen LogP contribution in [0.1, 0.15) is 80.9 Å². The van der Waals surface area contributed by atoms with Crippen LogP contribution >= 0.6 is 0 Å². The predicted molar refractivity (Wildman–Crippen MR) is 139 cm³/mol. The van der Waals surface area contributed by atoms with Gasteiger partial charge in [0.2, 0.25) is 5.91 Å². The molecule has 6 nitrogen and oxygen atoms in total. The molecule has 2 amide bonds. The topological polar surface area (TPSA) is 65.5 Å². The number of aryl methyl sites for hydroxylation is 1. The van der Waals surface area contributed by atoms with E-state index < -0.39 is 0 Å². The second-order valence-corrected chi connectivity index (χ2v) is 9.88. The van der Waals surface area contributed by atoms with E-state index in [0.717, 1.165) is 62.4 Å². The van der Waals surface area contributed by atoms with Crippen LogP contribution in [0.4, 0.5) is 11.4 Å². The fraction of sp³-hybridized carbons (Fsp3) is 0.536. The molecular weight excluding hydrogens is 424 g/mol. The van der Waals surface area contributed by atoms with Crippen molar-refractivity contribution < 1.29 is 9.59 Å². The van der Waals surface area contributed by atoms with Crippen LogP contribution in [0.3, 0.4) is 0 Å². The lowest BCUT2D eigenvalue weighted by Gasteiger charge is -2.29. The number of benzene rings is 1. The van der Waals surface area contributed by atoms with Gasteiger partial charge < -0.3 is 10.2 Å². The highest BCUT2D eigenvalue weighted by Crippen LogP contribution is 2.27. The standard InChI is InChI=1S/C28H40N4O2/c1-21(2)14-17-31-15-8-6-5-7-9-16-32(23(4)33)27-13-11-24(18-25(27)20-31)28(34)30-26-12-10-22(3)29-19-26/h10-13,18-19,21H,5-9,14-17,20H2,1-4H3,(H,30,34). The SMILES string of the molecule is CC(=O)N1CCCCCCCN(CCC(C)C)Cc2cc(C(=O)Nc3ccc(C)nc3)ccc21. The number of carbonyl (C=O) groups is 2. The van der Waals surface area contributed by atoms with E-state index in [1.54, 1.807) is 13.1 Å². The van der Waals surface area contributed by atoms with Crippen LogP contribution in [0.25, 0.3) is 0 Å². The maximum Gasteiger partial charge on any atom is 0.255 e. The summed E-state index contributed by atoms with van der Waals surface area (Å²) < 4.78 is 0. The molecule has 3 rings (SSSR count). The van der Waals surface area contributed by atoms with E-state index in [2.05, 4.69) is 29.0 Å². The van der Waals surface area contributed by atoms with Crippen molar-refractivity contribution >= 4 is 23.2 Å². The third-order valence-corrected chi connectivity index (χ3v) is 6.45. The Morgan fingerprint density at radius 2 is 1.76 bits per heavy atom. The second kappa shape index (κ2) is 12.7. The van der Waals surface area contributed by atoms with E-state index in [1.807, 2.05) is 42.2 Å². The molecular formula is C28H40N4O2. The minimum absolute atomic E-state index is 0.0509. The quantitative estimate of drug-likeness (QED) is 0.607. The molecule has 0 aliphatic carbocycles. The highest BCUT2D eigenvalue weighted by Gasteiger charge is 2.20. The van der Waals surface area contributed by atoms with Crippen molar-refractivity contribution in [2.75, 3.05) is 29.9 Å². The van der Waals surface area contributed by atoms with Gasteiger partial charge in [0.05, 0.1) is 11.9 Å². The molecule has 0 fully saturated rings. The Kier molecular flexibility index (Phi) is 9.63. The average molecular weight is 465 g/mol. The normalized spacial score (nSPS) is 15.9. The zero-order chi connectivity index (χ0) is 24.5. The van der Waals surface area contributed by atoms with Crippen molar-refractivity contribution in [2.45, 2.75) is 72.8 Å². The van der Waals surface area contributed by atoms with Crippen molar-refractivity contribution in [1.29, 1.82) is 0 Å². The summed E-state index contributed by atoms with van der Waals surface area (Å²) in [5, 5.41) is 2.95. The number of nitrogens with one attached hydrogen (secondary N) is 1. The smallest absolute Gasteiger partial charge is 0.255 e. The summed E-state index contributed by atoms with van der Waals surface area (Å²) in [4.78, 5) is 34.3. The molecule has 1 aliphatic rings. The molecule has 6 heteroatoms. The number of fused-ring (bicyclic) bond motifs is 1. The Bertz CT molecular complexity index is 955. The number of rotatable bonds is 5. The maximum absolute atomic E-state index is 13.0. The van der Waals surface area contributed by atoms with Crippen molar-refractivity contribution in [3.8, 4) is 0 Å². The van der Waals surface area contributed by atoms with E-state index in [9.17, 15) is 9.59 Å². The molecule has 1 aliphatic heterocycles. The van der Waals surface area contributed by atoms with E-state index >= 15 is 0 Å². The van der Waals surface area contributed by atoms with Gasteiger partial charge in [-0.05, 0) is 81.1 Å². The summed E-state index contributed by atoms with van der Waals surface area (Å²) >= 11 is 0. The molecule has 0 spiro atoms. The lowest BCUT2D eigenvalue weighted by Crippen LogP contribution is -2.33. The van der Waals surface area contributed by atoms with Crippen LogP contribution in [0.15, 0.2) is 36.5 Å². The number of aromatic nitrogens is 1. The third kappa shape index (κ3) is 7.66. The van der Waals surface area contributed by atoms with Gasteiger partial charge in [0.15, 0.2) is 0 Å². The fourth-order valence-corrected chi connectivity index (χ4v) is 4.40. The summed E-state index contributed by atoms with van der Waals surface area (Å²) in [5.41, 5.74) is 4.14. The van der Waals surface area contributed by atoms with E-state index in [4.69, 9.17) is 0 Å². The summed E-state index contributed by atoms with van der Waals surface area (Å²) in [7, 11) is 0. The van der Waals surface area contributed by atoms with Crippen LogP contribution in [0.2, 0.25) is 0 Å². The van der Waals surface area contributed by atoms with Crippen LogP contribution in [0, 0.1) is 12.8 Å². The van der Waals surface area contributed by atoms with Crippen LogP contribution in [-0.2, 0) is 11.3 Å². The monoisotopic (exact) mass is 464 g/mol. The first-order valence-electron chi connectivity index (χ1n) is 12.7. The third-order valence-electron chi connectivity index (χ3n) is 6.45. The Morgan fingerprint density at radius 1 is 1.03 bits per heavy atom. The molecule has 0 saturated carbocycles. The average Bonchev–Trinajstić information content (AvgIpc) is 2.79. The Hall–Kier alpha value is -2.73. The molecule has 0 atom stereocenters. The first kappa shape index (κ1) is 25.9. The zero-order valence-corrected chi connectivity index (χ0v) is 21.3. The first-order valence-corrected chi connectivity index (χ1v) is 12.7. The largest absolute Gasteiger partial charge is 0.321 e. The van der Waals surface area contributed by atoms with E-state index in [-0.39, 0.29) is 11.8 Å². The van der Waals surface area contributed by atoms with Gasteiger partial charge in [-0.15, -0.1) is 0 Å². The number of anilines is 2. The first-order chi connectivity index (χ1) is 16.3. The molecule has 0 saturated heterocycles. The molecule has 0 radical (unpaired) electrons. The zero-order valence-electron chi connectivity index (χ0n) is 21.3. The number of hydrogen-bond donors (Lipinski definition) is 1. The Balaban J connectivity index is 1.92. The number of pyridine rings is 1. The molecule has 184 valence electrons. The van der Waals surface area contributed by atoms with Gasteiger partial charge in [-0.1, -0.05) is 33.1 Å². The van der Waals surface area contributed by atoms with Gasteiger partial charge in [0.25, 0.3) is 5.91 Å². The molecule has 0 bridgehead atoms. The van der Waals surface area contributed by atoms with Gasteiger partial charge in [0, 0.05) is 37.0 Å². The molecule has 1 aromatic carbocycles. The van der Waals surface area contributed by atoms with Crippen molar-refractivity contribution in [1.82, 2.24) is 9.88 Å². The van der Waals surface area contributed by atoms with E-state index in [0.29, 0.717) is 17.2 Å². The highest BCUT2D eigenvalue weighted by molar-refractivity contribution is 6.05. The minimum Gasteiger partial charge on any atom is -0.321 e. The summed E-state index contributed by atoms with van der Waals surface area (Å²) in [6.45, 7) is 11.6. The van der Waals surface area contributed by atoms with Crippen LogP contribution in [0.5, 0.6) is 0 Å². The number of nitrogens with zero attached hydrogens (tertiary/aromatic N) is 3. The fourth-order valence-electron chi connectivity index (χ4n) is 4.40. The van der Waals surface area contributed by atoms with Crippen LogP contribution < -0.4 is 10.2 Å². The molecule has 2 aromatic rings. The number of hydrogen-bond acceptors (Lipinski definition) is 4. The van der Waals surface area contributed by atoms with Crippen molar-refractivity contribution in [3.05, 3.63) is 53.3 Å². The van der Waals surface area contributed by atoms with Crippen molar-refractivity contribution in [2.24, 2.45) is 5.92 Å². The number of amides is 2. The van der Waals surface area contributed by atoms with Gasteiger partial charge >= 0.3 is 0 Å². The molecule has 0 unspecified atom stereocenters. The summed E-state index contributed by atoms with van der Waals surface area (Å²) in [6, 6.07) is 9.49. The van der Waals surface area contributed by atoms with Gasteiger partial charge in [-0.25, -0.2) is 0 Å². The highest BCUT2D eigenvalue weighted by atomic mass is 16.2. The molecule has 1 N–H and O–H groups in total. The summed E-state index contributed by atoms with van der Waals surface area (Å²) in [5.74, 6) is 0.521. The number of carbonyl (C=O) groups excluding carboxylic acids is 2. The lowest BCUT2D eigenvalue weighted by molar-refractivity contribution is -0.116. The second-order valence-electron chi connectivity index (χ2n) is 9.88. The van der Waals surface area contributed by atoms with Gasteiger partial charge in [-0.2, -0.15) is 0 Å². The minimum atomic E-state index is -0.164. The van der Waals surface area contributed by atoms with Crippen molar-refractivity contribution in [3.63, 3.8) is 0 Å². The maximum atomic E-state index is 13.0. The molecule has 2 heterocycles. The van der Waals surface area contributed by atoms with Gasteiger partial charge in [-0.3, -0.25) is 19.5 Å². The molecule has 34 heavy (non-hydrogen) atoms. The lowest BCUT2D eigenvalue weighted by atomic mass is 10.0. The Morgan fingerprint density at radius 3 is 2.44 bits per heavy atom. The van der Waals surface area contributed by atoms with Gasteiger partial charge in [0.1, 0.15) is 0 Å². The molecule has 1 aromatic heterocycles. The summed E-state index contributed by atoms with van der Waals surface area (Å²) in [6.07, 6.45) is 8.56. The van der Waals surface area contributed by atoms with E-state index in [1.165, 1.54) is 19.3 Å². The Labute approximate surface area is 204 Å².